The summed E-state index contributed by atoms with van der Waals surface area (Å²) < 4.78 is 13.5. The number of ketones is 1. The summed E-state index contributed by atoms with van der Waals surface area (Å²) in [5.41, 5.74) is 5.02. The van der Waals surface area contributed by atoms with Crippen LogP contribution >= 0.6 is 0 Å². The second-order valence-electron chi connectivity index (χ2n) is 7.74. The SMILES string of the molecule is CCC(CC)c1ccc(CC(C(=O)c2ccccc2C)c2ccc(F)cc2)cc1. The quantitative estimate of drug-likeness (QED) is 0.372. The normalized spacial score (nSPS) is 12.2. The highest BCUT2D eigenvalue weighted by atomic mass is 19.1. The van der Waals surface area contributed by atoms with Crippen LogP contribution in [0.1, 0.15) is 71.1 Å². The molecule has 3 rings (SSSR count). The predicted octanol–water partition coefficient (Wildman–Crippen LogP) is 7.25. The molecule has 0 N–H and O–H groups in total. The second-order valence-corrected chi connectivity index (χ2v) is 7.74. The fraction of sp³-hybridized carbons (Fsp3) is 0.296. The summed E-state index contributed by atoms with van der Waals surface area (Å²) in [7, 11) is 0. The molecule has 3 aromatic carbocycles. The number of Topliss-reactive ketones (excluding diaryl/α,β-unsaturated/α-hetero) is 1. The second kappa shape index (κ2) is 9.65. The van der Waals surface area contributed by atoms with Crippen LogP contribution in [-0.4, -0.2) is 5.78 Å². The van der Waals surface area contributed by atoms with Crippen LogP contribution in [0, 0.1) is 12.7 Å². The molecular formula is C27H29FO. The van der Waals surface area contributed by atoms with Crippen LogP contribution in [0.25, 0.3) is 0 Å². The lowest BCUT2D eigenvalue weighted by Crippen LogP contribution is -2.17. The maximum Gasteiger partial charge on any atom is 0.170 e. The molecule has 0 aromatic heterocycles. The van der Waals surface area contributed by atoms with Gasteiger partial charge in [-0.2, -0.15) is 0 Å². The minimum atomic E-state index is -0.337. The Labute approximate surface area is 173 Å². The van der Waals surface area contributed by atoms with Gasteiger partial charge in [-0.3, -0.25) is 4.79 Å². The third kappa shape index (κ3) is 5.00. The van der Waals surface area contributed by atoms with Crippen LogP contribution in [0.15, 0.2) is 72.8 Å². The van der Waals surface area contributed by atoms with E-state index in [9.17, 15) is 9.18 Å². The summed E-state index contributed by atoms with van der Waals surface area (Å²) in [6.07, 6.45) is 2.85. The highest BCUT2D eigenvalue weighted by Crippen LogP contribution is 2.29. The van der Waals surface area contributed by atoms with E-state index in [1.54, 1.807) is 12.1 Å². The van der Waals surface area contributed by atoms with Gasteiger partial charge in [-0.25, -0.2) is 4.39 Å². The lowest BCUT2D eigenvalue weighted by atomic mass is 9.84. The fourth-order valence-corrected chi connectivity index (χ4v) is 4.02. The van der Waals surface area contributed by atoms with Crippen LogP contribution in [-0.2, 0) is 6.42 Å². The number of carbonyl (C=O) groups excluding carboxylic acids is 1. The van der Waals surface area contributed by atoms with Crippen LogP contribution < -0.4 is 0 Å². The molecule has 0 bridgehead atoms. The largest absolute Gasteiger partial charge is 0.293 e. The molecule has 0 amide bonds. The van der Waals surface area contributed by atoms with Crippen molar-refractivity contribution in [2.45, 2.75) is 51.9 Å². The zero-order valence-electron chi connectivity index (χ0n) is 17.5. The Bertz CT molecular complexity index is 937. The third-order valence-electron chi connectivity index (χ3n) is 5.88. The number of benzene rings is 3. The molecule has 1 unspecified atom stereocenters. The van der Waals surface area contributed by atoms with E-state index >= 15 is 0 Å². The van der Waals surface area contributed by atoms with Crippen LogP contribution in [0.4, 0.5) is 4.39 Å². The number of rotatable bonds is 8. The maximum absolute atomic E-state index is 13.5. The van der Waals surface area contributed by atoms with E-state index in [0.717, 1.165) is 35.1 Å². The summed E-state index contributed by atoms with van der Waals surface area (Å²) in [5, 5.41) is 0. The van der Waals surface area contributed by atoms with Gasteiger partial charge in [0.1, 0.15) is 5.82 Å². The first-order valence-corrected chi connectivity index (χ1v) is 10.5. The van der Waals surface area contributed by atoms with E-state index in [0.29, 0.717) is 12.3 Å². The Morgan fingerprint density at radius 3 is 2.00 bits per heavy atom. The van der Waals surface area contributed by atoms with Gasteiger partial charge in [0, 0.05) is 5.56 Å². The van der Waals surface area contributed by atoms with Crippen molar-refractivity contribution in [1.82, 2.24) is 0 Å². The van der Waals surface area contributed by atoms with Gasteiger partial charge in [-0.05, 0) is 66.5 Å². The minimum Gasteiger partial charge on any atom is -0.293 e. The van der Waals surface area contributed by atoms with Gasteiger partial charge in [-0.1, -0.05) is 74.5 Å². The number of hydrogen-bond donors (Lipinski definition) is 0. The molecule has 0 aliphatic carbocycles. The van der Waals surface area contributed by atoms with Gasteiger partial charge in [0.2, 0.25) is 0 Å². The zero-order valence-corrected chi connectivity index (χ0v) is 17.5. The van der Waals surface area contributed by atoms with Gasteiger partial charge in [-0.15, -0.1) is 0 Å². The van der Waals surface area contributed by atoms with Crippen molar-refractivity contribution >= 4 is 5.78 Å². The molecule has 3 aromatic rings. The maximum atomic E-state index is 13.5. The molecule has 1 atom stereocenters. The standard InChI is InChI=1S/C27H29FO/c1-4-21(5-2)22-12-10-20(11-13-22)18-26(23-14-16-24(28)17-15-23)27(29)25-9-7-6-8-19(25)3/h6-17,21,26H,4-5,18H2,1-3H3. The summed E-state index contributed by atoms with van der Waals surface area (Å²) >= 11 is 0. The zero-order chi connectivity index (χ0) is 20.8. The Balaban J connectivity index is 1.92. The van der Waals surface area contributed by atoms with Crippen molar-refractivity contribution in [2.75, 3.05) is 0 Å². The smallest absolute Gasteiger partial charge is 0.170 e. The summed E-state index contributed by atoms with van der Waals surface area (Å²) in [6, 6.07) is 22.6. The summed E-state index contributed by atoms with van der Waals surface area (Å²) in [4.78, 5) is 13.4. The van der Waals surface area contributed by atoms with Gasteiger partial charge < -0.3 is 0 Å². The van der Waals surface area contributed by atoms with Gasteiger partial charge in [0.15, 0.2) is 5.78 Å². The molecule has 0 aliphatic rings. The monoisotopic (exact) mass is 388 g/mol. The molecule has 0 saturated heterocycles. The van der Waals surface area contributed by atoms with Crippen molar-refractivity contribution in [3.8, 4) is 0 Å². The number of aryl methyl sites for hydroxylation is 1. The lowest BCUT2D eigenvalue weighted by Gasteiger charge is -2.19. The first kappa shape index (κ1) is 21.0. The van der Waals surface area contributed by atoms with Gasteiger partial charge >= 0.3 is 0 Å². The van der Waals surface area contributed by atoms with E-state index in [2.05, 4.69) is 38.1 Å². The van der Waals surface area contributed by atoms with Gasteiger partial charge in [0.25, 0.3) is 0 Å². The first-order chi connectivity index (χ1) is 14.0. The summed E-state index contributed by atoms with van der Waals surface area (Å²) in [6.45, 7) is 6.39. The van der Waals surface area contributed by atoms with E-state index in [1.807, 2.05) is 31.2 Å². The van der Waals surface area contributed by atoms with Crippen molar-refractivity contribution in [3.63, 3.8) is 0 Å². The first-order valence-electron chi connectivity index (χ1n) is 10.5. The van der Waals surface area contributed by atoms with Crippen molar-refractivity contribution in [1.29, 1.82) is 0 Å². The number of carbonyl (C=O) groups is 1. The number of hydrogen-bond acceptors (Lipinski definition) is 1. The highest BCUT2D eigenvalue weighted by Gasteiger charge is 2.24. The van der Waals surface area contributed by atoms with E-state index in [-0.39, 0.29) is 17.5 Å². The van der Waals surface area contributed by atoms with Gasteiger partial charge in [0.05, 0.1) is 5.92 Å². The van der Waals surface area contributed by atoms with E-state index in [1.165, 1.54) is 17.7 Å². The molecule has 150 valence electrons. The molecule has 0 saturated carbocycles. The van der Waals surface area contributed by atoms with E-state index < -0.39 is 0 Å². The van der Waals surface area contributed by atoms with Crippen LogP contribution in [0.3, 0.4) is 0 Å². The molecule has 1 nitrogen and oxygen atoms in total. The molecule has 0 heterocycles. The fourth-order valence-electron chi connectivity index (χ4n) is 4.02. The van der Waals surface area contributed by atoms with Crippen molar-refractivity contribution in [2.24, 2.45) is 0 Å². The highest BCUT2D eigenvalue weighted by molar-refractivity contribution is 6.02. The van der Waals surface area contributed by atoms with Crippen molar-refractivity contribution < 1.29 is 9.18 Å². The Morgan fingerprint density at radius 1 is 0.828 bits per heavy atom. The molecule has 0 spiro atoms. The topological polar surface area (TPSA) is 17.1 Å². The average Bonchev–Trinajstić information content (AvgIpc) is 2.74. The molecule has 0 fully saturated rings. The van der Waals surface area contributed by atoms with Crippen LogP contribution in [0.2, 0.25) is 0 Å². The lowest BCUT2D eigenvalue weighted by molar-refractivity contribution is 0.0958. The predicted molar refractivity (Wildman–Crippen MR) is 118 cm³/mol. The summed E-state index contributed by atoms with van der Waals surface area (Å²) in [5.74, 6) is 0.0328. The molecule has 29 heavy (non-hydrogen) atoms. The Morgan fingerprint density at radius 2 is 1.41 bits per heavy atom. The number of halogens is 1. The molecule has 0 aliphatic heterocycles. The third-order valence-corrected chi connectivity index (χ3v) is 5.88. The Hall–Kier alpha value is -2.74. The molecular weight excluding hydrogens is 359 g/mol. The van der Waals surface area contributed by atoms with Crippen molar-refractivity contribution in [3.05, 3.63) is 106 Å². The van der Waals surface area contributed by atoms with E-state index in [4.69, 9.17) is 0 Å². The van der Waals surface area contributed by atoms with Crippen LogP contribution in [0.5, 0.6) is 0 Å². The molecule has 0 radical (unpaired) electrons. The average molecular weight is 389 g/mol. The minimum absolute atomic E-state index is 0.0822. The molecule has 2 heteroatoms. The Kier molecular flexibility index (Phi) is 6.98.